The second kappa shape index (κ2) is 11.9. The molecule has 0 aliphatic heterocycles. The van der Waals surface area contributed by atoms with Gasteiger partial charge < -0.3 is 8.98 Å². The van der Waals surface area contributed by atoms with E-state index in [1.165, 1.54) is 32.3 Å². The summed E-state index contributed by atoms with van der Waals surface area (Å²) < 4.78 is 8.83. The number of hydrogen-bond donors (Lipinski definition) is 0. The normalized spacial score (nSPS) is 11.9. The molecule has 0 atom stereocenters. The fourth-order valence-corrected chi connectivity index (χ4v) is 8.69. The Balaban J connectivity index is 1.07. The van der Waals surface area contributed by atoms with Gasteiger partial charge in [-0.1, -0.05) is 133 Å². The van der Waals surface area contributed by atoms with Gasteiger partial charge in [0.25, 0.3) is 0 Å². The first-order valence-corrected chi connectivity index (χ1v) is 18.9. The van der Waals surface area contributed by atoms with Crippen molar-refractivity contribution in [3.63, 3.8) is 0 Å². The van der Waals surface area contributed by atoms with Crippen LogP contribution in [0.1, 0.15) is 0 Å². The number of hydrogen-bond acceptors (Lipinski definition) is 4. The zero-order valence-electron chi connectivity index (χ0n) is 30.0. The van der Waals surface area contributed by atoms with Crippen molar-refractivity contribution in [1.82, 2.24) is 19.5 Å². The highest BCUT2D eigenvalue weighted by atomic mass is 16.3. The van der Waals surface area contributed by atoms with Crippen molar-refractivity contribution < 1.29 is 4.42 Å². The van der Waals surface area contributed by atoms with Gasteiger partial charge in [-0.05, 0) is 80.8 Å². The van der Waals surface area contributed by atoms with E-state index >= 15 is 0 Å². The third kappa shape index (κ3) is 4.58. The molecule has 0 amide bonds. The van der Waals surface area contributed by atoms with Gasteiger partial charge in [-0.15, -0.1) is 0 Å². The molecule has 0 saturated carbocycles. The minimum Gasteiger partial charge on any atom is -0.455 e. The smallest absolute Gasteiger partial charge is 0.167 e. The van der Waals surface area contributed by atoms with Crippen LogP contribution in [0.2, 0.25) is 0 Å². The van der Waals surface area contributed by atoms with Crippen LogP contribution in [0, 0.1) is 0 Å². The van der Waals surface area contributed by atoms with E-state index < -0.39 is 0 Å². The summed E-state index contributed by atoms with van der Waals surface area (Å²) in [5.74, 6) is 1.78. The maximum absolute atomic E-state index is 6.45. The lowest BCUT2D eigenvalue weighted by Gasteiger charge is -2.14. The Labute approximate surface area is 320 Å². The van der Waals surface area contributed by atoms with Crippen LogP contribution in [-0.4, -0.2) is 19.5 Å². The molecule has 0 N–H and O–H groups in total. The lowest BCUT2D eigenvalue weighted by atomic mass is 9.94. The van der Waals surface area contributed by atoms with Crippen LogP contribution in [0.25, 0.3) is 116 Å². The Morgan fingerprint density at radius 3 is 1.68 bits per heavy atom. The summed E-state index contributed by atoms with van der Waals surface area (Å²) in [6.45, 7) is 0. The van der Waals surface area contributed by atoms with Crippen molar-refractivity contribution in [2.75, 3.05) is 0 Å². The molecule has 0 fully saturated rings. The van der Waals surface area contributed by atoms with Gasteiger partial charge in [0, 0.05) is 38.4 Å². The Bertz CT molecular complexity index is 3510. The molecule has 0 spiro atoms. The van der Waals surface area contributed by atoms with E-state index in [1.54, 1.807) is 0 Å². The fourth-order valence-electron chi connectivity index (χ4n) is 8.69. The van der Waals surface area contributed by atoms with E-state index in [2.05, 4.69) is 126 Å². The molecule has 0 radical (unpaired) electrons. The first kappa shape index (κ1) is 30.8. The third-order valence-corrected chi connectivity index (χ3v) is 11.2. The van der Waals surface area contributed by atoms with Gasteiger partial charge in [-0.2, -0.15) is 0 Å². The second-order valence-electron chi connectivity index (χ2n) is 14.4. The number of furan rings is 1. The van der Waals surface area contributed by atoms with E-state index in [1.807, 2.05) is 60.7 Å². The molecule has 3 aromatic heterocycles. The molecule has 5 nitrogen and oxygen atoms in total. The SMILES string of the molecule is c1ccc(-c2nc(-c3ccc4c(c3)c3ccccc3n4-c3ccc4c5ccccc5c5ccccc5c4c3)nc(-c3cccc4c3oc3ccccc34)n2)cc1. The van der Waals surface area contributed by atoms with Gasteiger partial charge >= 0.3 is 0 Å². The van der Waals surface area contributed by atoms with Gasteiger partial charge in [0.1, 0.15) is 11.2 Å². The lowest BCUT2D eigenvalue weighted by molar-refractivity contribution is 0.669. The summed E-state index contributed by atoms with van der Waals surface area (Å²) in [4.78, 5) is 15.3. The van der Waals surface area contributed by atoms with Crippen LogP contribution in [0.3, 0.4) is 0 Å². The number of nitrogens with zero attached hydrogens (tertiary/aromatic N) is 4. The van der Waals surface area contributed by atoms with Crippen molar-refractivity contribution in [3.05, 3.63) is 182 Å². The van der Waals surface area contributed by atoms with Gasteiger partial charge in [0.15, 0.2) is 17.5 Å². The quantitative estimate of drug-likeness (QED) is 0.170. The van der Waals surface area contributed by atoms with Crippen LogP contribution >= 0.6 is 0 Å². The van der Waals surface area contributed by atoms with E-state index in [-0.39, 0.29) is 0 Å². The fraction of sp³-hybridized carbons (Fsp3) is 0. The number of aromatic nitrogens is 4. The molecule has 0 unspecified atom stereocenters. The van der Waals surface area contributed by atoms with Crippen molar-refractivity contribution in [3.8, 4) is 39.9 Å². The van der Waals surface area contributed by atoms with Gasteiger partial charge in [0.2, 0.25) is 0 Å². The molecule has 12 rings (SSSR count). The molecule has 56 heavy (non-hydrogen) atoms. The summed E-state index contributed by atoms with van der Waals surface area (Å²) in [5, 5.41) is 12.0. The highest BCUT2D eigenvalue weighted by molar-refractivity contribution is 6.25. The van der Waals surface area contributed by atoms with Crippen LogP contribution < -0.4 is 0 Å². The van der Waals surface area contributed by atoms with E-state index in [4.69, 9.17) is 19.4 Å². The van der Waals surface area contributed by atoms with Gasteiger partial charge in [0.05, 0.1) is 16.6 Å². The average Bonchev–Trinajstić information content (AvgIpc) is 3.82. The Morgan fingerprint density at radius 1 is 0.339 bits per heavy atom. The molecule has 9 aromatic carbocycles. The Hall–Kier alpha value is -7.63. The molecule has 3 heterocycles. The highest BCUT2D eigenvalue weighted by Crippen LogP contribution is 2.40. The van der Waals surface area contributed by atoms with Crippen LogP contribution in [0.5, 0.6) is 0 Å². The highest BCUT2D eigenvalue weighted by Gasteiger charge is 2.20. The molecular formula is C51H30N4O. The van der Waals surface area contributed by atoms with Gasteiger partial charge in [-0.3, -0.25) is 0 Å². The lowest BCUT2D eigenvalue weighted by Crippen LogP contribution is -2.00. The molecule has 5 heteroatoms. The van der Waals surface area contributed by atoms with Crippen molar-refractivity contribution in [1.29, 1.82) is 0 Å². The largest absolute Gasteiger partial charge is 0.455 e. The molecular weight excluding hydrogens is 685 g/mol. The van der Waals surface area contributed by atoms with Crippen molar-refractivity contribution >= 4 is 76.1 Å². The second-order valence-corrected chi connectivity index (χ2v) is 14.4. The predicted molar refractivity (Wildman–Crippen MR) is 230 cm³/mol. The van der Waals surface area contributed by atoms with E-state index in [9.17, 15) is 0 Å². The van der Waals surface area contributed by atoms with E-state index in [0.717, 1.165) is 66.1 Å². The van der Waals surface area contributed by atoms with Gasteiger partial charge in [-0.25, -0.2) is 15.0 Å². The molecule has 12 aromatic rings. The Morgan fingerprint density at radius 2 is 0.911 bits per heavy atom. The third-order valence-electron chi connectivity index (χ3n) is 11.2. The summed E-state index contributed by atoms with van der Waals surface area (Å²) in [5.41, 5.74) is 7.63. The average molecular weight is 715 g/mol. The minimum absolute atomic E-state index is 0.567. The molecule has 0 bridgehead atoms. The maximum Gasteiger partial charge on any atom is 0.167 e. The summed E-state index contributed by atoms with van der Waals surface area (Å²) in [6, 6.07) is 64.0. The van der Waals surface area contributed by atoms with Crippen molar-refractivity contribution in [2.45, 2.75) is 0 Å². The molecule has 0 aliphatic carbocycles. The maximum atomic E-state index is 6.45. The number of para-hydroxylation sites is 3. The standard InChI is InChI=1S/C51H30N4O/c1-2-13-31(14-3-1)49-52-50(54-51(53-49)42-22-12-21-41-40-20-9-11-24-47(40)56-48(41)42)32-25-28-46-44(29-32)39-19-8-10-23-45(39)55(46)33-26-27-38-36-17-5-4-15-34(36)35-16-6-7-18-37(35)43(38)30-33/h1-30H. The topological polar surface area (TPSA) is 56.7 Å². The molecule has 0 saturated heterocycles. The van der Waals surface area contributed by atoms with Crippen LogP contribution in [-0.2, 0) is 0 Å². The number of benzene rings is 9. The van der Waals surface area contributed by atoms with Crippen molar-refractivity contribution in [2.24, 2.45) is 0 Å². The minimum atomic E-state index is 0.567. The zero-order valence-corrected chi connectivity index (χ0v) is 30.0. The van der Waals surface area contributed by atoms with E-state index in [0.29, 0.717) is 17.5 Å². The summed E-state index contributed by atoms with van der Waals surface area (Å²) >= 11 is 0. The molecule has 0 aliphatic rings. The summed E-state index contributed by atoms with van der Waals surface area (Å²) in [7, 11) is 0. The first-order chi connectivity index (χ1) is 27.8. The first-order valence-electron chi connectivity index (χ1n) is 18.9. The monoisotopic (exact) mass is 714 g/mol. The van der Waals surface area contributed by atoms with Crippen LogP contribution in [0.15, 0.2) is 186 Å². The number of rotatable bonds is 4. The number of fused-ring (bicyclic) bond motifs is 12. The predicted octanol–water partition coefficient (Wildman–Crippen LogP) is 13.3. The summed E-state index contributed by atoms with van der Waals surface area (Å²) in [6.07, 6.45) is 0. The Kier molecular flexibility index (Phi) is 6.56. The van der Waals surface area contributed by atoms with Crippen LogP contribution in [0.4, 0.5) is 0 Å². The molecule has 260 valence electrons. The zero-order chi connectivity index (χ0) is 36.7.